The number of hydrogen-bond acceptors (Lipinski definition) is 2. The average Bonchev–Trinajstić information content (AvgIpc) is 2.24. The van der Waals surface area contributed by atoms with Crippen LogP contribution < -0.4 is 5.32 Å². The van der Waals surface area contributed by atoms with Gasteiger partial charge in [-0.15, -0.1) is 0 Å². The summed E-state index contributed by atoms with van der Waals surface area (Å²) in [5.41, 5.74) is 4.28. The zero-order valence-corrected chi connectivity index (χ0v) is 11.3. The molecule has 0 amide bonds. The van der Waals surface area contributed by atoms with Crippen molar-refractivity contribution in [1.82, 2.24) is 5.32 Å². The number of carbonyl (C=O) groups excluding carboxylic acids is 1. The summed E-state index contributed by atoms with van der Waals surface area (Å²) >= 11 is 0. The molecule has 0 saturated carbocycles. The fourth-order valence-corrected chi connectivity index (χ4v) is 1.83. The lowest BCUT2D eigenvalue weighted by Crippen LogP contribution is -2.19. The molecule has 0 spiro atoms. The van der Waals surface area contributed by atoms with Crippen LogP contribution in [0.3, 0.4) is 0 Å². The molecule has 0 heterocycles. The van der Waals surface area contributed by atoms with Gasteiger partial charge in [-0.1, -0.05) is 39.0 Å². The lowest BCUT2D eigenvalue weighted by Gasteiger charge is -2.20. The van der Waals surface area contributed by atoms with Gasteiger partial charge in [-0.3, -0.25) is 0 Å². The van der Waals surface area contributed by atoms with Gasteiger partial charge >= 0.3 is 0 Å². The van der Waals surface area contributed by atoms with Gasteiger partial charge < -0.3 is 10.1 Å². The molecular weight excluding hydrogens is 210 g/mol. The maximum absolute atomic E-state index is 10.2. The van der Waals surface area contributed by atoms with Gasteiger partial charge in [0.15, 0.2) is 0 Å². The number of benzene rings is 1. The van der Waals surface area contributed by atoms with Gasteiger partial charge in [-0.25, -0.2) is 0 Å². The van der Waals surface area contributed by atoms with Crippen LogP contribution in [0.25, 0.3) is 0 Å². The second-order valence-electron chi connectivity index (χ2n) is 5.51. The van der Waals surface area contributed by atoms with Crippen molar-refractivity contribution in [3.63, 3.8) is 0 Å². The summed E-state index contributed by atoms with van der Waals surface area (Å²) in [6, 6.07) is 6.69. The Morgan fingerprint density at radius 3 is 2.53 bits per heavy atom. The second-order valence-corrected chi connectivity index (χ2v) is 5.51. The van der Waals surface area contributed by atoms with Crippen LogP contribution in [0.2, 0.25) is 0 Å². The summed E-state index contributed by atoms with van der Waals surface area (Å²) in [6.45, 7) is 10.1. The number of rotatable bonds is 5. The third kappa shape index (κ3) is 4.31. The van der Waals surface area contributed by atoms with Gasteiger partial charge in [0.25, 0.3) is 0 Å². The third-order valence-corrected chi connectivity index (χ3v) is 3.01. The van der Waals surface area contributed by atoms with Crippen LogP contribution in [-0.2, 0) is 16.6 Å². The normalized spacial score (nSPS) is 11.5. The molecule has 0 bridgehead atoms. The Balaban J connectivity index is 2.67. The van der Waals surface area contributed by atoms with E-state index in [-0.39, 0.29) is 5.41 Å². The highest BCUT2D eigenvalue weighted by atomic mass is 16.1. The minimum atomic E-state index is 0.207. The quantitative estimate of drug-likeness (QED) is 0.625. The fourth-order valence-electron chi connectivity index (χ4n) is 1.83. The summed E-state index contributed by atoms with van der Waals surface area (Å²) in [4.78, 5) is 10.2. The Morgan fingerprint density at radius 1 is 1.29 bits per heavy atom. The summed E-state index contributed by atoms with van der Waals surface area (Å²) in [5, 5.41) is 3.09. The van der Waals surface area contributed by atoms with E-state index in [9.17, 15) is 4.79 Å². The lowest BCUT2D eigenvalue weighted by atomic mass is 9.85. The van der Waals surface area contributed by atoms with Gasteiger partial charge in [-0.05, 0) is 42.0 Å². The van der Waals surface area contributed by atoms with Gasteiger partial charge in [0, 0.05) is 0 Å². The highest BCUT2D eigenvalue weighted by molar-refractivity contribution is 5.51. The summed E-state index contributed by atoms with van der Waals surface area (Å²) in [7, 11) is 0. The predicted molar refractivity (Wildman–Crippen MR) is 72.5 cm³/mol. The first-order chi connectivity index (χ1) is 7.95. The number of nitrogens with one attached hydrogen (secondary N) is 1. The summed E-state index contributed by atoms with van der Waals surface area (Å²) in [6.07, 6.45) is 1.87. The minimum Gasteiger partial charge on any atom is -0.310 e. The van der Waals surface area contributed by atoms with Gasteiger partial charge in [0.2, 0.25) is 0 Å². The van der Waals surface area contributed by atoms with E-state index < -0.39 is 0 Å². The number of carbonyl (C=O) groups is 1. The van der Waals surface area contributed by atoms with E-state index >= 15 is 0 Å². The van der Waals surface area contributed by atoms with Crippen molar-refractivity contribution in [3.8, 4) is 0 Å². The molecule has 0 unspecified atom stereocenters. The van der Waals surface area contributed by atoms with E-state index in [1.807, 2.05) is 0 Å². The fraction of sp³-hybridized carbons (Fsp3) is 0.533. The molecule has 0 aliphatic rings. The first-order valence-corrected chi connectivity index (χ1v) is 6.19. The van der Waals surface area contributed by atoms with Crippen LogP contribution in [0.4, 0.5) is 0 Å². The lowest BCUT2D eigenvalue weighted by molar-refractivity contribution is -0.107. The van der Waals surface area contributed by atoms with E-state index in [1.165, 1.54) is 16.7 Å². The van der Waals surface area contributed by atoms with Crippen molar-refractivity contribution in [2.24, 2.45) is 0 Å². The second kappa shape index (κ2) is 5.97. The van der Waals surface area contributed by atoms with E-state index in [4.69, 9.17) is 0 Å². The number of hydrogen-bond donors (Lipinski definition) is 1. The van der Waals surface area contributed by atoms with Gasteiger partial charge in [0.05, 0.1) is 6.54 Å². The van der Waals surface area contributed by atoms with Crippen LogP contribution in [-0.4, -0.2) is 19.4 Å². The monoisotopic (exact) mass is 233 g/mol. The van der Waals surface area contributed by atoms with E-state index in [1.54, 1.807) is 0 Å². The largest absolute Gasteiger partial charge is 0.310 e. The van der Waals surface area contributed by atoms with Crippen molar-refractivity contribution < 1.29 is 4.79 Å². The Labute approximate surface area is 104 Å². The Kier molecular flexibility index (Phi) is 4.88. The van der Waals surface area contributed by atoms with Crippen molar-refractivity contribution >= 4 is 6.29 Å². The van der Waals surface area contributed by atoms with Crippen molar-refractivity contribution in [2.75, 3.05) is 13.1 Å². The predicted octanol–water partition coefficient (Wildman–Crippen LogP) is 2.62. The Morgan fingerprint density at radius 2 is 2.00 bits per heavy atom. The smallest absolute Gasteiger partial charge is 0.133 e. The summed E-state index contributed by atoms with van der Waals surface area (Å²) in [5.74, 6) is 0. The molecule has 1 aromatic carbocycles. The first kappa shape index (κ1) is 13.9. The third-order valence-electron chi connectivity index (χ3n) is 3.01. The molecule has 2 nitrogen and oxygen atoms in total. The molecule has 0 atom stereocenters. The van der Waals surface area contributed by atoms with Crippen molar-refractivity contribution in [1.29, 1.82) is 0 Å². The van der Waals surface area contributed by atoms with Crippen molar-refractivity contribution in [2.45, 2.75) is 39.5 Å². The first-order valence-electron chi connectivity index (χ1n) is 6.19. The van der Waals surface area contributed by atoms with Crippen LogP contribution >= 0.6 is 0 Å². The van der Waals surface area contributed by atoms with Crippen molar-refractivity contribution in [3.05, 3.63) is 34.9 Å². The molecule has 0 aromatic heterocycles. The maximum atomic E-state index is 10.2. The molecule has 17 heavy (non-hydrogen) atoms. The van der Waals surface area contributed by atoms with Crippen LogP contribution in [0.15, 0.2) is 18.2 Å². The summed E-state index contributed by atoms with van der Waals surface area (Å²) < 4.78 is 0. The standard InChI is InChI=1S/C15H23NO/c1-12-11-14(15(2,3)4)6-5-13(12)7-8-16-9-10-17/h5-6,10-11,16H,7-9H2,1-4H3. The average molecular weight is 233 g/mol. The van der Waals surface area contributed by atoms with E-state index in [2.05, 4.69) is 51.2 Å². The molecule has 0 aliphatic heterocycles. The Bertz CT molecular complexity index is 377. The molecule has 1 N–H and O–H groups in total. The van der Waals surface area contributed by atoms with Gasteiger partial charge in [0.1, 0.15) is 6.29 Å². The minimum absolute atomic E-state index is 0.207. The van der Waals surface area contributed by atoms with E-state index in [0.717, 1.165) is 19.3 Å². The Hall–Kier alpha value is -1.15. The van der Waals surface area contributed by atoms with E-state index in [0.29, 0.717) is 6.54 Å². The molecule has 2 heteroatoms. The van der Waals surface area contributed by atoms with Crippen LogP contribution in [0.5, 0.6) is 0 Å². The highest BCUT2D eigenvalue weighted by Crippen LogP contribution is 2.24. The highest BCUT2D eigenvalue weighted by Gasteiger charge is 2.14. The van der Waals surface area contributed by atoms with Crippen LogP contribution in [0, 0.1) is 6.92 Å². The number of aldehydes is 1. The molecule has 1 rings (SSSR count). The zero-order chi connectivity index (χ0) is 12.9. The molecule has 0 saturated heterocycles. The molecular formula is C15H23NO. The molecule has 94 valence electrons. The molecule has 0 aliphatic carbocycles. The maximum Gasteiger partial charge on any atom is 0.133 e. The topological polar surface area (TPSA) is 29.1 Å². The number of aryl methyl sites for hydroxylation is 1. The SMILES string of the molecule is Cc1cc(C(C)(C)C)ccc1CCNCC=O. The zero-order valence-electron chi connectivity index (χ0n) is 11.3. The van der Waals surface area contributed by atoms with Gasteiger partial charge in [-0.2, -0.15) is 0 Å². The molecule has 1 aromatic rings. The van der Waals surface area contributed by atoms with Crippen LogP contribution in [0.1, 0.15) is 37.5 Å². The molecule has 0 fully saturated rings. The molecule has 0 radical (unpaired) electrons.